The molecule has 0 spiro atoms. The summed E-state index contributed by atoms with van der Waals surface area (Å²) in [4.78, 5) is 0. The topological polar surface area (TPSA) is 40.5 Å². The first-order valence-electron chi connectivity index (χ1n) is 14.2. The van der Waals surface area contributed by atoms with Crippen molar-refractivity contribution in [2.24, 2.45) is 57.7 Å². The van der Waals surface area contributed by atoms with Gasteiger partial charge in [0.1, 0.15) is 0 Å². The zero-order chi connectivity index (χ0) is 23.7. The van der Waals surface area contributed by atoms with E-state index in [2.05, 4.69) is 55.4 Å². The Kier molecular flexibility index (Phi) is 6.45. The van der Waals surface area contributed by atoms with Crippen LogP contribution in [0.2, 0.25) is 0 Å². The molecule has 4 fully saturated rings. The smallest absolute Gasteiger partial charge is 0.0656 e. The van der Waals surface area contributed by atoms with Gasteiger partial charge in [-0.2, -0.15) is 0 Å². The van der Waals surface area contributed by atoms with Gasteiger partial charge in [-0.15, -0.1) is 0 Å². The van der Waals surface area contributed by atoms with Gasteiger partial charge in [0.25, 0.3) is 0 Å². The van der Waals surface area contributed by atoms with E-state index < -0.39 is 5.60 Å². The summed E-state index contributed by atoms with van der Waals surface area (Å²) >= 11 is 0. The molecule has 0 radical (unpaired) electrons. The van der Waals surface area contributed by atoms with Gasteiger partial charge in [0, 0.05) is 0 Å². The van der Waals surface area contributed by atoms with Crippen molar-refractivity contribution in [2.45, 2.75) is 131 Å². The first kappa shape index (κ1) is 25.0. The highest BCUT2D eigenvalue weighted by Gasteiger charge is 2.68. The third-order valence-electron chi connectivity index (χ3n) is 12.2. The lowest BCUT2D eigenvalue weighted by Gasteiger charge is -2.68. The molecule has 4 aliphatic rings. The molecule has 4 aliphatic carbocycles. The lowest BCUT2D eigenvalue weighted by Crippen LogP contribution is -2.66. The van der Waals surface area contributed by atoms with E-state index in [4.69, 9.17) is 0 Å². The normalized spacial score (nSPS) is 51.1. The number of hydrogen-bond acceptors (Lipinski definition) is 2. The molecule has 0 aliphatic heterocycles. The highest BCUT2D eigenvalue weighted by Crippen LogP contribution is 2.72. The number of aliphatic hydroxyl groups excluding tert-OH is 1. The first-order chi connectivity index (χ1) is 14.7. The second-order valence-electron chi connectivity index (χ2n) is 14.8. The SMILES string of the molecule is CC(C)CCC[C@@H](C)[C@H]1CC[C@H]2[C@H]3[C@H](CC[C@]12C)[C@@]1(C)CC[C@H](O)C(C)(C)[C@@H]1C[C@@]3(C)O. The van der Waals surface area contributed by atoms with Crippen LogP contribution >= 0.6 is 0 Å². The fraction of sp³-hybridized carbons (Fsp3) is 1.00. The lowest BCUT2D eigenvalue weighted by atomic mass is 9.38. The molecule has 2 nitrogen and oxygen atoms in total. The van der Waals surface area contributed by atoms with Crippen LogP contribution < -0.4 is 0 Å². The molecule has 0 aromatic heterocycles. The fourth-order valence-corrected chi connectivity index (χ4v) is 10.3. The van der Waals surface area contributed by atoms with Gasteiger partial charge in [0.05, 0.1) is 11.7 Å². The molecular formula is C30H54O2. The van der Waals surface area contributed by atoms with E-state index >= 15 is 0 Å². The maximum absolute atomic E-state index is 12.0. The molecule has 0 aromatic carbocycles. The van der Waals surface area contributed by atoms with Crippen molar-refractivity contribution in [3.8, 4) is 0 Å². The quantitative estimate of drug-likeness (QED) is 0.460. The molecule has 0 heterocycles. The van der Waals surface area contributed by atoms with Gasteiger partial charge in [-0.25, -0.2) is 0 Å². The van der Waals surface area contributed by atoms with Crippen molar-refractivity contribution in [3.05, 3.63) is 0 Å². The first-order valence-corrected chi connectivity index (χ1v) is 14.2. The standard InChI is InChI=1S/C30H54O2/c1-19(2)10-9-11-20(3)21-12-13-22-26-23(14-16-28(21,22)6)29(7)17-15-25(31)27(4,5)24(29)18-30(26,8)32/h19-26,31-32H,9-18H2,1-8H3/t20-,21-,22+,23+,24+,25+,26+,28-,29-,30-/m1/s1. The third-order valence-corrected chi connectivity index (χ3v) is 12.2. The van der Waals surface area contributed by atoms with Crippen LogP contribution in [0.15, 0.2) is 0 Å². The Bertz CT molecular complexity index is 680. The van der Waals surface area contributed by atoms with Crippen LogP contribution in [0, 0.1) is 57.7 Å². The van der Waals surface area contributed by atoms with E-state index in [-0.39, 0.29) is 16.9 Å². The molecule has 0 unspecified atom stereocenters. The average Bonchev–Trinajstić information content (AvgIpc) is 3.04. The molecular weight excluding hydrogens is 392 g/mol. The van der Waals surface area contributed by atoms with E-state index in [1.807, 2.05) is 0 Å². The maximum Gasteiger partial charge on any atom is 0.0656 e. The summed E-state index contributed by atoms with van der Waals surface area (Å²) in [6, 6.07) is 0. The van der Waals surface area contributed by atoms with E-state index in [1.165, 1.54) is 44.9 Å². The average molecular weight is 447 g/mol. The van der Waals surface area contributed by atoms with Crippen LogP contribution in [0.1, 0.15) is 120 Å². The van der Waals surface area contributed by atoms with E-state index in [1.54, 1.807) is 0 Å². The van der Waals surface area contributed by atoms with Gasteiger partial charge in [-0.1, -0.05) is 67.7 Å². The summed E-state index contributed by atoms with van der Waals surface area (Å²) in [5, 5.41) is 22.9. The molecule has 4 rings (SSSR count). The van der Waals surface area contributed by atoms with Crippen molar-refractivity contribution in [2.75, 3.05) is 0 Å². The summed E-state index contributed by atoms with van der Waals surface area (Å²) in [5.41, 5.74) is -0.0512. The number of hydrogen-bond donors (Lipinski definition) is 2. The third kappa shape index (κ3) is 3.73. The van der Waals surface area contributed by atoms with Crippen molar-refractivity contribution < 1.29 is 10.2 Å². The monoisotopic (exact) mass is 446 g/mol. The van der Waals surface area contributed by atoms with Crippen molar-refractivity contribution in [1.29, 1.82) is 0 Å². The molecule has 32 heavy (non-hydrogen) atoms. The lowest BCUT2D eigenvalue weighted by molar-refractivity contribution is -0.242. The van der Waals surface area contributed by atoms with Gasteiger partial charge < -0.3 is 10.2 Å². The Morgan fingerprint density at radius 2 is 1.44 bits per heavy atom. The van der Waals surface area contributed by atoms with Gasteiger partial charge in [-0.05, 0) is 110 Å². The molecule has 2 heteroatoms. The van der Waals surface area contributed by atoms with Crippen molar-refractivity contribution >= 4 is 0 Å². The molecule has 0 bridgehead atoms. The van der Waals surface area contributed by atoms with E-state index in [0.29, 0.717) is 29.1 Å². The van der Waals surface area contributed by atoms with Crippen LogP contribution in [0.4, 0.5) is 0 Å². The molecule has 4 saturated carbocycles. The summed E-state index contributed by atoms with van der Waals surface area (Å²) < 4.78 is 0. The molecule has 0 saturated heterocycles. The minimum Gasteiger partial charge on any atom is -0.393 e. The van der Waals surface area contributed by atoms with Crippen molar-refractivity contribution in [3.63, 3.8) is 0 Å². The Labute approximate surface area is 199 Å². The van der Waals surface area contributed by atoms with Crippen LogP contribution in [0.3, 0.4) is 0 Å². The van der Waals surface area contributed by atoms with E-state index in [0.717, 1.165) is 37.0 Å². The Morgan fingerprint density at radius 1 is 0.812 bits per heavy atom. The predicted octanol–water partition coefficient (Wildman–Crippen LogP) is 7.47. The second-order valence-corrected chi connectivity index (χ2v) is 14.8. The zero-order valence-corrected chi connectivity index (χ0v) is 22.6. The Morgan fingerprint density at radius 3 is 2.09 bits per heavy atom. The van der Waals surface area contributed by atoms with Gasteiger partial charge >= 0.3 is 0 Å². The minimum absolute atomic E-state index is 0.105. The van der Waals surface area contributed by atoms with Crippen molar-refractivity contribution in [1.82, 2.24) is 0 Å². The van der Waals surface area contributed by atoms with E-state index in [9.17, 15) is 10.2 Å². The number of rotatable bonds is 5. The number of fused-ring (bicyclic) bond motifs is 5. The molecule has 186 valence electrons. The Balaban J connectivity index is 1.59. The second kappa shape index (κ2) is 8.25. The minimum atomic E-state index is -0.606. The summed E-state index contributed by atoms with van der Waals surface area (Å²) in [6.45, 7) is 19.1. The van der Waals surface area contributed by atoms with Crippen LogP contribution in [-0.4, -0.2) is 21.9 Å². The van der Waals surface area contributed by atoms with Gasteiger partial charge in [0.15, 0.2) is 0 Å². The van der Waals surface area contributed by atoms with Crippen LogP contribution in [0.25, 0.3) is 0 Å². The maximum atomic E-state index is 12.0. The number of aliphatic hydroxyl groups is 2. The summed E-state index contributed by atoms with van der Waals surface area (Å²) in [5.74, 6) is 4.56. The summed E-state index contributed by atoms with van der Waals surface area (Å²) in [7, 11) is 0. The predicted molar refractivity (Wildman–Crippen MR) is 134 cm³/mol. The van der Waals surface area contributed by atoms with Crippen LogP contribution in [0.5, 0.6) is 0 Å². The zero-order valence-electron chi connectivity index (χ0n) is 22.6. The molecule has 0 aromatic rings. The highest BCUT2D eigenvalue weighted by atomic mass is 16.3. The van der Waals surface area contributed by atoms with Gasteiger partial charge in [-0.3, -0.25) is 0 Å². The largest absolute Gasteiger partial charge is 0.393 e. The Hall–Kier alpha value is -0.0800. The highest BCUT2D eigenvalue weighted by molar-refractivity contribution is 5.17. The molecule has 0 amide bonds. The van der Waals surface area contributed by atoms with Crippen LogP contribution in [-0.2, 0) is 0 Å². The summed E-state index contributed by atoms with van der Waals surface area (Å²) in [6.07, 6.45) is 12.1. The molecule has 2 N–H and O–H groups in total. The molecule has 10 atom stereocenters. The fourth-order valence-electron chi connectivity index (χ4n) is 10.3. The van der Waals surface area contributed by atoms with Gasteiger partial charge in [0.2, 0.25) is 0 Å².